The quantitative estimate of drug-likeness (QED) is 0.333. The molecule has 1 unspecified atom stereocenters. The van der Waals surface area contributed by atoms with E-state index in [-0.39, 0.29) is 5.91 Å². The molecule has 4 aromatic rings. The first-order chi connectivity index (χ1) is 16.4. The highest BCUT2D eigenvalue weighted by Crippen LogP contribution is 2.27. The molecule has 0 saturated carbocycles. The number of hydrogen-bond donors (Lipinski definition) is 1. The van der Waals surface area contributed by atoms with Crippen LogP contribution in [-0.2, 0) is 23.8 Å². The van der Waals surface area contributed by atoms with Gasteiger partial charge in [0.25, 0.3) is 5.91 Å². The van der Waals surface area contributed by atoms with E-state index in [9.17, 15) is 9.00 Å². The van der Waals surface area contributed by atoms with Crippen LogP contribution in [0.3, 0.4) is 0 Å². The molecule has 4 rings (SSSR count). The maximum Gasteiger partial charge on any atom is 0.251 e. The minimum atomic E-state index is -0.962. The number of nitrogens with zero attached hydrogens (tertiary/aromatic N) is 1. The fourth-order valence-electron chi connectivity index (χ4n) is 4.31. The smallest absolute Gasteiger partial charge is 0.251 e. The van der Waals surface area contributed by atoms with Crippen molar-refractivity contribution in [2.45, 2.75) is 51.6 Å². The number of rotatable bonds is 8. The van der Waals surface area contributed by atoms with Crippen molar-refractivity contribution in [3.8, 4) is 0 Å². The van der Waals surface area contributed by atoms with E-state index in [0.717, 1.165) is 27.8 Å². The summed E-state index contributed by atoms with van der Waals surface area (Å²) in [7, 11) is -0.962. The van der Waals surface area contributed by atoms with Crippen LogP contribution in [0.2, 0.25) is 0 Å². The Balaban J connectivity index is 1.52. The molecule has 4 nitrogen and oxygen atoms in total. The Hall–Kier alpha value is -3.18. The molecule has 3 aromatic carbocycles. The van der Waals surface area contributed by atoms with Crippen molar-refractivity contribution in [2.75, 3.05) is 5.75 Å². The maximum absolute atomic E-state index is 12.9. The lowest BCUT2D eigenvalue weighted by Crippen LogP contribution is -2.22. The standard InChI is InChI=1S/C29H32N2O2S/c1-5-34(33)27-13-10-23(11-14-27)19-30-29(32)24-12-15-28-25(17-24)18-26(31(28)20(2)3)16-22-8-6-21(4)7-9-22/h6-15,17-18,20H,5,16,19H2,1-4H3,(H,30,32). The summed E-state index contributed by atoms with van der Waals surface area (Å²) in [5, 5.41) is 4.09. The molecule has 176 valence electrons. The van der Waals surface area contributed by atoms with E-state index < -0.39 is 10.8 Å². The number of hydrogen-bond acceptors (Lipinski definition) is 2. The third-order valence-corrected chi connectivity index (χ3v) is 7.43. The van der Waals surface area contributed by atoms with E-state index in [2.05, 4.69) is 67.1 Å². The van der Waals surface area contributed by atoms with Crippen LogP contribution in [0.1, 0.15) is 59.6 Å². The highest BCUT2D eigenvalue weighted by molar-refractivity contribution is 7.85. The Labute approximate surface area is 204 Å². The van der Waals surface area contributed by atoms with Gasteiger partial charge < -0.3 is 9.88 Å². The normalized spacial score (nSPS) is 12.3. The molecule has 0 spiro atoms. The molecule has 0 bridgehead atoms. The zero-order valence-electron chi connectivity index (χ0n) is 20.3. The van der Waals surface area contributed by atoms with E-state index in [1.165, 1.54) is 16.8 Å². The van der Waals surface area contributed by atoms with Crippen molar-refractivity contribution in [2.24, 2.45) is 0 Å². The Bertz CT molecular complexity index is 1320. The molecule has 1 aromatic heterocycles. The molecule has 1 atom stereocenters. The minimum absolute atomic E-state index is 0.0968. The van der Waals surface area contributed by atoms with E-state index in [1.807, 2.05) is 43.3 Å². The van der Waals surface area contributed by atoms with Crippen LogP contribution in [-0.4, -0.2) is 20.4 Å². The lowest BCUT2D eigenvalue weighted by atomic mass is 10.1. The fourth-order valence-corrected chi connectivity index (χ4v) is 5.08. The van der Waals surface area contributed by atoms with Crippen LogP contribution in [0, 0.1) is 6.92 Å². The third-order valence-electron chi connectivity index (χ3n) is 6.10. The van der Waals surface area contributed by atoms with E-state index in [0.29, 0.717) is 23.9 Å². The summed E-state index contributed by atoms with van der Waals surface area (Å²) in [4.78, 5) is 13.7. The van der Waals surface area contributed by atoms with Crippen LogP contribution >= 0.6 is 0 Å². The van der Waals surface area contributed by atoms with Gasteiger partial charge in [0.2, 0.25) is 0 Å². The lowest BCUT2D eigenvalue weighted by molar-refractivity contribution is 0.0951. The zero-order chi connectivity index (χ0) is 24.2. The van der Waals surface area contributed by atoms with E-state index >= 15 is 0 Å². The molecular weight excluding hydrogens is 440 g/mol. The Morgan fingerprint density at radius 2 is 1.62 bits per heavy atom. The maximum atomic E-state index is 12.9. The summed E-state index contributed by atoms with van der Waals surface area (Å²) in [6, 6.07) is 24.7. The van der Waals surface area contributed by atoms with Crippen LogP contribution in [0.5, 0.6) is 0 Å². The van der Waals surface area contributed by atoms with Crippen LogP contribution in [0.15, 0.2) is 77.7 Å². The summed E-state index contributed by atoms with van der Waals surface area (Å²) < 4.78 is 14.3. The number of carbonyl (C=O) groups excluding carboxylic acids is 1. The van der Waals surface area contributed by atoms with Gasteiger partial charge >= 0.3 is 0 Å². The molecule has 0 aliphatic carbocycles. The number of aryl methyl sites for hydroxylation is 1. The Morgan fingerprint density at radius 1 is 0.941 bits per heavy atom. The highest BCUT2D eigenvalue weighted by Gasteiger charge is 2.14. The molecule has 0 aliphatic rings. The number of fused-ring (bicyclic) bond motifs is 1. The highest BCUT2D eigenvalue weighted by atomic mass is 32.2. The Morgan fingerprint density at radius 3 is 2.26 bits per heavy atom. The summed E-state index contributed by atoms with van der Waals surface area (Å²) in [5.41, 5.74) is 6.57. The van der Waals surface area contributed by atoms with Gasteiger partial charge in [-0.1, -0.05) is 48.9 Å². The zero-order valence-corrected chi connectivity index (χ0v) is 21.1. The van der Waals surface area contributed by atoms with Crippen molar-refractivity contribution in [1.82, 2.24) is 9.88 Å². The third kappa shape index (κ3) is 5.31. The molecular formula is C29H32N2O2S. The van der Waals surface area contributed by atoms with E-state index in [1.54, 1.807) is 0 Å². The summed E-state index contributed by atoms with van der Waals surface area (Å²) >= 11 is 0. The van der Waals surface area contributed by atoms with E-state index in [4.69, 9.17) is 0 Å². The summed E-state index contributed by atoms with van der Waals surface area (Å²) in [6.07, 6.45) is 0.855. The van der Waals surface area contributed by atoms with Crippen molar-refractivity contribution >= 4 is 27.6 Å². The summed E-state index contributed by atoms with van der Waals surface area (Å²) in [5.74, 6) is 0.504. The molecule has 1 heterocycles. The lowest BCUT2D eigenvalue weighted by Gasteiger charge is -2.15. The van der Waals surface area contributed by atoms with Crippen molar-refractivity contribution in [3.05, 3.63) is 101 Å². The van der Waals surface area contributed by atoms with Gasteiger partial charge in [0.1, 0.15) is 0 Å². The largest absolute Gasteiger partial charge is 0.348 e. The molecule has 0 fully saturated rings. The van der Waals surface area contributed by atoms with Gasteiger partial charge in [0.05, 0.1) is 10.8 Å². The van der Waals surface area contributed by atoms with Crippen molar-refractivity contribution in [1.29, 1.82) is 0 Å². The molecule has 1 N–H and O–H groups in total. The second-order valence-corrected chi connectivity index (χ2v) is 10.7. The monoisotopic (exact) mass is 472 g/mol. The minimum Gasteiger partial charge on any atom is -0.348 e. The number of carbonyl (C=O) groups is 1. The molecule has 0 aliphatic heterocycles. The first-order valence-electron chi connectivity index (χ1n) is 11.8. The van der Waals surface area contributed by atoms with Gasteiger partial charge in [-0.2, -0.15) is 0 Å². The first kappa shape index (κ1) is 24.0. The molecule has 34 heavy (non-hydrogen) atoms. The van der Waals surface area contributed by atoms with Crippen LogP contribution in [0.25, 0.3) is 10.9 Å². The summed E-state index contributed by atoms with van der Waals surface area (Å²) in [6.45, 7) is 8.83. The molecule has 1 amide bonds. The molecule has 0 radical (unpaired) electrons. The average molecular weight is 473 g/mol. The first-order valence-corrected chi connectivity index (χ1v) is 13.1. The van der Waals surface area contributed by atoms with Crippen LogP contribution < -0.4 is 5.32 Å². The number of benzene rings is 3. The SMILES string of the molecule is CCS(=O)c1ccc(CNC(=O)c2ccc3c(c2)cc(Cc2ccc(C)cc2)n3C(C)C)cc1. The van der Waals surface area contributed by atoms with Gasteiger partial charge in [0, 0.05) is 51.8 Å². The predicted octanol–water partition coefficient (Wildman–Crippen LogP) is 6.18. The van der Waals surface area contributed by atoms with Gasteiger partial charge in [-0.25, -0.2) is 0 Å². The Kier molecular flexibility index (Phi) is 7.32. The van der Waals surface area contributed by atoms with Crippen molar-refractivity contribution < 1.29 is 9.00 Å². The average Bonchev–Trinajstić information content (AvgIpc) is 3.21. The molecule has 0 saturated heterocycles. The number of amides is 1. The predicted molar refractivity (Wildman–Crippen MR) is 141 cm³/mol. The molecule has 5 heteroatoms. The number of nitrogens with one attached hydrogen (secondary N) is 1. The number of aromatic nitrogens is 1. The fraction of sp³-hybridized carbons (Fsp3) is 0.276. The van der Waals surface area contributed by atoms with Gasteiger partial charge in [-0.3, -0.25) is 9.00 Å². The van der Waals surface area contributed by atoms with Crippen molar-refractivity contribution in [3.63, 3.8) is 0 Å². The second-order valence-electron chi connectivity index (χ2n) is 9.00. The van der Waals surface area contributed by atoms with Gasteiger partial charge in [-0.15, -0.1) is 0 Å². The topological polar surface area (TPSA) is 51.1 Å². The van der Waals surface area contributed by atoms with Gasteiger partial charge in [0.15, 0.2) is 0 Å². The van der Waals surface area contributed by atoms with Crippen LogP contribution in [0.4, 0.5) is 0 Å². The van der Waals surface area contributed by atoms with Gasteiger partial charge in [-0.05, 0) is 68.3 Å². The second kappa shape index (κ2) is 10.4.